The molecule has 1 N–H and O–H groups in total. The van der Waals surface area contributed by atoms with Crippen LogP contribution in [-0.4, -0.2) is 34.1 Å². The van der Waals surface area contributed by atoms with Crippen molar-refractivity contribution in [2.45, 2.75) is 19.8 Å². The first-order valence-electron chi connectivity index (χ1n) is 5.05. The van der Waals surface area contributed by atoms with Crippen molar-refractivity contribution in [2.75, 3.05) is 13.1 Å². The van der Waals surface area contributed by atoms with Crippen LogP contribution < -0.4 is 0 Å². The summed E-state index contributed by atoms with van der Waals surface area (Å²) in [6.45, 7) is 4.00. The first-order valence-corrected chi connectivity index (χ1v) is 5.05. The summed E-state index contributed by atoms with van der Waals surface area (Å²) in [7, 11) is 0. The molecule has 0 unspecified atom stereocenters. The van der Waals surface area contributed by atoms with Crippen molar-refractivity contribution in [3.05, 3.63) is 18.0 Å². The Morgan fingerprint density at radius 1 is 1.57 bits per heavy atom. The summed E-state index contributed by atoms with van der Waals surface area (Å²) in [5, 5.41) is 6.44. The molecule has 0 bridgehead atoms. The summed E-state index contributed by atoms with van der Waals surface area (Å²) >= 11 is 0. The summed E-state index contributed by atoms with van der Waals surface area (Å²) in [6.07, 6.45) is 5.47. The molecule has 4 heteroatoms. The van der Waals surface area contributed by atoms with Crippen LogP contribution in [-0.2, 0) is 0 Å². The van der Waals surface area contributed by atoms with Gasteiger partial charge >= 0.3 is 0 Å². The highest BCUT2D eigenvalue weighted by atomic mass is 16.2. The van der Waals surface area contributed by atoms with E-state index in [4.69, 9.17) is 0 Å². The molecule has 0 aromatic carbocycles. The topological polar surface area (TPSA) is 49.0 Å². The van der Waals surface area contributed by atoms with Gasteiger partial charge in [-0.25, -0.2) is 0 Å². The van der Waals surface area contributed by atoms with Gasteiger partial charge in [0.2, 0.25) is 0 Å². The molecule has 1 fully saturated rings. The predicted molar refractivity (Wildman–Crippen MR) is 52.9 cm³/mol. The molecule has 2 heterocycles. The maximum atomic E-state index is 11.8. The minimum Gasteiger partial charge on any atom is -0.339 e. The highest BCUT2D eigenvalue weighted by molar-refractivity contribution is 5.93. The average molecular weight is 193 g/mol. The van der Waals surface area contributed by atoms with Gasteiger partial charge in [-0.05, 0) is 18.8 Å². The van der Waals surface area contributed by atoms with Gasteiger partial charge in [0.25, 0.3) is 5.91 Å². The van der Waals surface area contributed by atoms with Gasteiger partial charge < -0.3 is 4.90 Å². The molecular weight excluding hydrogens is 178 g/mol. The molecule has 14 heavy (non-hydrogen) atoms. The summed E-state index contributed by atoms with van der Waals surface area (Å²) in [5.41, 5.74) is 0.666. The fourth-order valence-corrected chi connectivity index (χ4v) is 1.76. The maximum Gasteiger partial charge on any atom is 0.257 e. The van der Waals surface area contributed by atoms with Gasteiger partial charge in [-0.3, -0.25) is 9.89 Å². The smallest absolute Gasteiger partial charge is 0.257 e. The number of carbonyl (C=O) groups excluding carboxylic acids is 1. The van der Waals surface area contributed by atoms with Crippen LogP contribution in [0.4, 0.5) is 0 Å². The third-order valence-corrected chi connectivity index (χ3v) is 2.82. The van der Waals surface area contributed by atoms with E-state index in [-0.39, 0.29) is 5.91 Å². The Labute approximate surface area is 83.3 Å². The molecule has 0 saturated carbocycles. The molecule has 0 aliphatic carbocycles. The molecular formula is C10H15N3O. The Balaban J connectivity index is 1.99. The molecule has 76 valence electrons. The van der Waals surface area contributed by atoms with Crippen LogP contribution in [0.5, 0.6) is 0 Å². The highest BCUT2D eigenvalue weighted by Gasteiger charge is 2.21. The Kier molecular flexibility index (Phi) is 2.52. The molecule has 0 atom stereocenters. The van der Waals surface area contributed by atoms with Crippen LogP contribution in [0.3, 0.4) is 0 Å². The Bertz CT molecular complexity index is 299. The second-order valence-corrected chi connectivity index (χ2v) is 3.96. The van der Waals surface area contributed by atoms with Gasteiger partial charge in [-0.2, -0.15) is 5.10 Å². The number of aromatic nitrogens is 2. The van der Waals surface area contributed by atoms with Crippen LogP contribution in [0.15, 0.2) is 12.4 Å². The van der Waals surface area contributed by atoms with E-state index in [1.807, 2.05) is 4.90 Å². The summed E-state index contributed by atoms with van der Waals surface area (Å²) in [4.78, 5) is 13.7. The number of amides is 1. The van der Waals surface area contributed by atoms with Gasteiger partial charge in [0.05, 0.1) is 11.8 Å². The minimum atomic E-state index is 0.102. The molecule has 0 spiro atoms. The van der Waals surface area contributed by atoms with E-state index >= 15 is 0 Å². The van der Waals surface area contributed by atoms with E-state index in [9.17, 15) is 4.79 Å². The van der Waals surface area contributed by atoms with Crippen LogP contribution in [0, 0.1) is 5.92 Å². The summed E-state index contributed by atoms with van der Waals surface area (Å²) in [5.74, 6) is 0.856. The number of hydrogen-bond donors (Lipinski definition) is 1. The molecule has 1 aromatic heterocycles. The SMILES string of the molecule is CC1CCN(C(=O)c2cn[nH]c2)CC1. The van der Waals surface area contributed by atoms with Crippen molar-refractivity contribution >= 4 is 5.91 Å². The predicted octanol–water partition coefficient (Wildman–Crippen LogP) is 1.28. The van der Waals surface area contributed by atoms with E-state index in [0.29, 0.717) is 5.56 Å². The molecule has 1 saturated heterocycles. The van der Waals surface area contributed by atoms with Crippen LogP contribution in [0.1, 0.15) is 30.1 Å². The summed E-state index contributed by atoms with van der Waals surface area (Å²) < 4.78 is 0. The van der Waals surface area contributed by atoms with E-state index in [0.717, 1.165) is 31.8 Å². The van der Waals surface area contributed by atoms with Crippen LogP contribution in [0.25, 0.3) is 0 Å². The van der Waals surface area contributed by atoms with Crippen molar-refractivity contribution in [3.8, 4) is 0 Å². The number of H-pyrrole nitrogens is 1. The van der Waals surface area contributed by atoms with Gasteiger partial charge in [0, 0.05) is 19.3 Å². The summed E-state index contributed by atoms with van der Waals surface area (Å²) in [6, 6.07) is 0. The largest absolute Gasteiger partial charge is 0.339 e. The van der Waals surface area contributed by atoms with Crippen LogP contribution in [0.2, 0.25) is 0 Å². The van der Waals surface area contributed by atoms with Crippen molar-refractivity contribution in [1.82, 2.24) is 15.1 Å². The van der Waals surface area contributed by atoms with Crippen molar-refractivity contribution in [2.24, 2.45) is 5.92 Å². The van der Waals surface area contributed by atoms with Crippen molar-refractivity contribution < 1.29 is 4.79 Å². The highest BCUT2D eigenvalue weighted by Crippen LogP contribution is 2.17. The zero-order valence-corrected chi connectivity index (χ0v) is 8.36. The number of nitrogens with zero attached hydrogens (tertiary/aromatic N) is 2. The Morgan fingerprint density at radius 2 is 2.29 bits per heavy atom. The number of aromatic amines is 1. The first-order chi connectivity index (χ1) is 6.77. The van der Waals surface area contributed by atoms with Gasteiger partial charge in [-0.1, -0.05) is 6.92 Å². The first kappa shape index (κ1) is 9.24. The third-order valence-electron chi connectivity index (χ3n) is 2.82. The minimum absolute atomic E-state index is 0.102. The van der Waals surface area contributed by atoms with Crippen LogP contribution >= 0.6 is 0 Å². The van der Waals surface area contributed by atoms with Gasteiger partial charge in [0.15, 0.2) is 0 Å². The van der Waals surface area contributed by atoms with E-state index < -0.39 is 0 Å². The van der Waals surface area contributed by atoms with E-state index in [1.54, 1.807) is 12.4 Å². The molecule has 1 aromatic rings. The van der Waals surface area contributed by atoms with Gasteiger partial charge in [-0.15, -0.1) is 0 Å². The third kappa shape index (κ3) is 1.78. The fraction of sp³-hybridized carbons (Fsp3) is 0.600. The second-order valence-electron chi connectivity index (χ2n) is 3.96. The number of hydrogen-bond acceptors (Lipinski definition) is 2. The molecule has 1 amide bonds. The Morgan fingerprint density at radius 3 is 2.86 bits per heavy atom. The lowest BCUT2D eigenvalue weighted by molar-refractivity contribution is 0.0697. The lowest BCUT2D eigenvalue weighted by Crippen LogP contribution is -2.37. The quantitative estimate of drug-likeness (QED) is 0.730. The zero-order valence-electron chi connectivity index (χ0n) is 8.36. The molecule has 0 radical (unpaired) electrons. The zero-order chi connectivity index (χ0) is 9.97. The molecule has 2 rings (SSSR count). The lowest BCUT2D eigenvalue weighted by Gasteiger charge is -2.29. The molecule has 1 aliphatic rings. The average Bonchev–Trinajstić information content (AvgIpc) is 2.71. The number of nitrogens with one attached hydrogen (secondary N) is 1. The van der Waals surface area contributed by atoms with Gasteiger partial charge in [0.1, 0.15) is 0 Å². The van der Waals surface area contributed by atoms with Crippen molar-refractivity contribution in [1.29, 1.82) is 0 Å². The Hall–Kier alpha value is -1.32. The number of rotatable bonds is 1. The standard InChI is InChI=1S/C10H15N3O/c1-8-2-4-13(5-3-8)10(14)9-6-11-12-7-9/h6-8H,2-5H2,1H3,(H,11,12). The molecule has 4 nitrogen and oxygen atoms in total. The molecule has 1 aliphatic heterocycles. The maximum absolute atomic E-state index is 11.8. The second kappa shape index (κ2) is 3.82. The number of carbonyl (C=O) groups is 1. The van der Waals surface area contributed by atoms with Crippen molar-refractivity contribution in [3.63, 3.8) is 0 Å². The lowest BCUT2D eigenvalue weighted by atomic mass is 9.99. The normalized spacial score (nSPS) is 18.5. The van der Waals surface area contributed by atoms with E-state index in [2.05, 4.69) is 17.1 Å². The monoisotopic (exact) mass is 193 g/mol. The number of piperidine rings is 1. The van der Waals surface area contributed by atoms with E-state index in [1.165, 1.54) is 0 Å². The fourth-order valence-electron chi connectivity index (χ4n) is 1.76. The number of likely N-dealkylation sites (tertiary alicyclic amines) is 1.